The van der Waals surface area contributed by atoms with E-state index in [9.17, 15) is 10.1 Å². The average Bonchev–Trinajstić information content (AvgIpc) is 3.19. The summed E-state index contributed by atoms with van der Waals surface area (Å²) in [6, 6.07) is 15.1. The van der Waals surface area contributed by atoms with Crippen molar-refractivity contribution in [1.29, 1.82) is 5.26 Å². The van der Waals surface area contributed by atoms with E-state index in [-0.39, 0.29) is 18.0 Å². The van der Waals surface area contributed by atoms with Crippen molar-refractivity contribution in [3.05, 3.63) is 53.9 Å². The number of nitriles is 1. The minimum atomic E-state index is -1.01. The Hall–Kier alpha value is -3.33. The monoisotopic (exact) mass is 361 g/mol. The first kappa shape index (κ1) is 17.1. The van der Waals surface area contributed by atoms with Crippen LogP contribution in [0.15, 0.2) is 42.5 Å². The Balaban J connectivity index is 1.51. The number of nitrogens with one attached hydrogen (secondary N) is 1. The molecule has 1 aliphatic heterocycles. The van der Waals surface area contributed by atoms with E-state index >= 15 is 0 Å². The number of ether oxygens (including phenoxy) is 2. The van der Waals surface area contributed by atoms with Gasteiger partial charge < -0.3 is 14.5 Å². The van der Waals surface area contributed by atoms with Gasteiger partial charge in [-0.2, -0.15) is 5.26 Å². The minimum absolute atomic E-state index is 0.227. The number of aromatic nitrogens is 2. The van der Waals surface area contributed by atoms with Crippen LogP contribution in [-0.2, 0) is 11.2 Å². The molecule has 0 spiro atoms. The molecule has 0 aliphatic carbocycles. The van der Waals surface area contributed by atoms with E-state index in [0.717, 1.165) is 23.0 Å². The van der Waals surface area contributed by atoms with E-state index in [1.54, 1.807) is 6.07 Å². The number of carbonyl (C=O) groups excluding carboxylic acids is 1. The summed E-state index contributed by atoms with van der Waals surface area (Å²) < 4.78 is 11.7. The van der Waals surface area contributed by atoms with Gasteiger partial charge in [0.05, 0.1) is 17.1 Å². The second-order valence-corrected chi connectivity index (χ2v) is 7.24. The minimum Gasteiger partial charge on any atom is -0.483 e. The molecule has 6 nitrogen and oxygen atoms in total. The summed E-state index contributed by atoms with van der Waals surface area (Å²) in [6.07, 6.45) is 0.785. The fourth-order valence-electron chi connectivity index (χ4n) is 3.33. The summed E-state index contributed by atoms with van der Waals surface area (Å²) in [4.78, 5) is 20.0. The van der Waals surface area contributed by atoms with Crippen LogP contribution in [0.4, 0.5) is 0 Å². The van der Waals surface area contributed by atoms with Crippen molar-refractivity contribution >= 4 is 16.8 Å². The van der Waals surface area contributed by atoms with Crippen LogP contribution in [0.5, 0.6) is 11.5 Å². The van der Waals surface area contributed by atoms with E-state index in [2.05, 4.69) is 9.97 Å². The number of ketones is 1. The van der Waals surface area contributed by atoms with Crippen molar-refractivity contribution in [2.24, 2.45) is 0 Å². The lowest BCUT2D eigenvalue weighted by Crippen LogP contribution is -2.25. The van der Waals surface area contributed by atoms with Gasteiger partial charge in [-0.1, -0.05) is 24.3 Å². The Morgan fingerprint density at radius 1 is 1.33 bits per heavy atom. The molecule has 0 bridgehead atoms. The van der Waals surface area contributed by atoms with Gasteiger partial charge in [0.2, 0.25) is 0 Å². The molecule has 3 aromatic rings. The summed E-state index contributed by atoms with van der Waals surface area (Å²) in [5.74, 6) is 0.168. The summed E-state index contributed by atoms with van der Waals surface area (Å²) in [5, 5.41) is 9.48. The van der Waals surface area contributed by atoms with Gasteiger partial charge in [0.15, 0.2) is 23.2 Å². The number of fused-ring (bicyclic) bond motifs is 2. The lowest BCUT2D eigenvalue weighted by molar-refractivity contribution is -0.121. The molecule has 0 saturated heterocycles. The van der Waals surface area contributed by atoms with Crippen molar-refractivity contribution in [2.45, 2.75) is 31.8 Å². The molecule has 1 aromatic heterocycles. The number of rotatable bonds is 5. The SMILES string of the molecule is CC1(C)Cc2cccc(OCC(=O)[C@H](C#N)c3nc4ccccc4[nH]3)c2O1. The van der Waals surface area contributed by atoms with E-state index in [1.807, 2.05) is 56.3 Å². The topological polar surface area (TPSA) is 88.0 Å². The number of Topliss-reactive ketones (excluding diaryl/α,β-unsaturated/α-hetero) is 1. The molecule has 6 heteroatoms. The predicted molar refractivity (Wildman–Crippen MR) is 99.8 cm³/mol. The van der Waals surface area contributed by atoms with Crippen LogP contribution >= 0.6 is 0 Å². The third kappa shape index (κ3) is 3.24. The second kappa shape index (κ2) is 6.44. The van der Waals surface area contributed by atoms with Gasteiger partial charge in [-0.15, -0.1) is 0 Å². The first-order valence-corrected chi connectivity index (χ1v) is 8.77. The van der Waals surface area contributed by atoms with E-state index in [0.29, 0.717) is 17.3 Å². The summed E-state index contributed by atoms with van der Waals surface area (Å²) in [7, 11) is 0. The van der Waals surface area contributed by atoms with Crippen LogP contribution in [-0.4, -0.2) is 28.0 Å². The van der Waals surface area contributed by atoms with Crippen LogP contribution in [0.1, 0.15) is 31.2 Å². The predicted octanol–water partition coefficient (Wildman–Crippen LogP) is 3.53. The first-order chi connectivity index (χ1) is 13.0. The highest BCUT2D eigenvalue weighted by Gasteiger charge is 2.32. The Morgan fingerprint density at radius 2 is 2.15 bits per heavy atom. The molecular weight excluding hydrogens is 342 g/mol. The quantitative estimate of drug-likeness (QED) is 0.751. The Kier molecular flexibility index (Phi) is 4.08. The van der Waals surface area contributed by atoms with Crippen LogP contribution in [0.2, 0.25) is 0 Å². The second-order valence-electron chi connectivity index (χ2n) is 7.24. The van der Waals surface area contributed by atoms with Crippen LogP contribution < -0.4 is 9.47 Å². The largest absolute Gasteiger partial charge is 0.483 e. The van der Waals surface area contributed by atoms with Gasteiger partial charge in [-0.05, 0) is 32.0 Å². The summed E-state index contributed by atoms with van der Waals surface area (Å²) in [6.45, 7) is 3.79. The van der Waals surface area contributed by atoms with Crippen LogP contribution in [0.25, 0.3) is 11.0 Å². The van der Waals surface area contributed by atoms with Gasteiger partial charge in [0.1, 0.15) is 18.0 Å². The molecule has 136 valence electrons. The van der Waals surface area contributed by atoms with E-state index < -0.39 is 5.92 Å². The highest BCUT2D eigenvalue weighted by atomic mass is 16.5. The fourth-order valence-corrected chi connectivity index (χ4v) is 3.33. The smallest absolute Gasteiger partial charge is 0.194 e. The number of aromatic amines is 1. The highest BCUT2D eigenvalue weighted by Crippen LogP contribution is 2.41. The maximum absolute atomic E-state index is 12.6. The van der Waals surface area contributed by atoms with Crippen LogP contribution in [0, 0.1) is 11.3 Å². The van der Waals surface area contributed by atoms with Gasteiger partial charge >= 0.3 is 0 Å². The van der Waals surface area contributed by atoms with E-state index in [1.165, 1.54) is 0 Å². The molecule has 2 aromatic carbocycles. The van der Waals surface area contributed by atoms with E-state index in [4.69, 9.17) is 9.47 Å². The number of H-pyrrole nitrogens is 1. The van der Waals surface area contributed by atoms with Gasteiger partial charge in [-0.3, -0.25) is 4.79 Å². The van der Waals surface area contributed by atoms with Crippen molar-refractivity contribution in [3.8, 4) is 17.6 Å². The molecule has 0 unspecified atom stereocenters. The molecule has 0 radical (unpaired) electrons. The lowest BCUT2D eigenvalue weighted by Gasteiger charge is -2.18. The zero-order valence-corrected chi connectivity index (χ0v) is 15.2. The molecule has 1 aliphatic rings. The van der Waals surface area contributed by atoms with Gasteiger partial charge in [0.25, 0.3) is 0 Å². The standard InChI is InChI=1S/C21H19N3O3/c1-21(2)10-13-6-5-9-18(19(13)27-21)26-12-17(25)14(11-22)20-23-15-7-3-4-8-16(15)24-20/h3-9,14H,10,12H2,1-2H3,(H,23,24)/t14-/m0/s1. The molecule has 0 saturated carbocycles. The molecular formula is C21H19N3O3. The number of imidazole rings is 1. The van der Waals surface area contributed by atoms with Crippen molar-refractivity contribution < 1.29 is 14.3 Å². The molecule has 4 rings (SSSR count). The normalized spacial score (nSPS) is 15.6. The molecule has 1 N–H and O–H groups in total. The summed E-state index contributed by atoms with van der Waals surface area (Å²) in [5.41, 5.74) is 2.27. The first-order valence-electron chi connectivity index (χ1n) is 8.77. The number of benzene rings is 2. The van der Waals surface area contributed by atoms with Crippen molar-refractivity contribution in [2.75, 3.05) is 6.61 Å². The zero-order valence-electron chi connectivity index (χ0n) is 15.2. The zero-order chi connectivity index (χ0) is 19.0. The Labute approximate surface area is 156 Å². The highest BCUT2D eigenvalue weighted by molar-refractivity contribution is 5.90. The third-order valence-corrected chi connectivity index (χ3v) is 4.56. The Bertz CT molecular complexity index is 1030. The number of hydrogen-bond donors (Lipinski definition) is 1. The molecule has 2 heterocycles. The fraction of sp³-hybridized carbons (Fsp3) is 0.286. The van der Waals surface area contributed by atoms with Gasteiger partial charge in [-0.25, -0.2) is 4.98 Å². The third-order valence-electron chi connectivity index (χ3n) is 4.56. The maximum atomic E-state index is 12.6. The van der Waals surface area contributed by atoms with Crippen LogP contribution in [0.3, 0.4) is 0 Å². The van der Waals surface area contributed by atoms with Crippen molar-refractivity contribution in [1.82, 2.24) is 9.97 Å². The molecule has 0 amide bonds. The summed E-state index contributed by atoms with van der Waals surface area (Å²) >= 11 is 0. The molecule has 27 heavy (non-hydrogen) atoms. The van der Waals surface area contributed by atoms with Crippen molar-refractivity contribution in [3.63, 3.8) is 0 Å². The van der Waals surface area contributed by atoms with Gasteiger partial charge in [0, 0.05) is 12.0 Å². The maximum Gasteiger partial charge on any atom is 0.194 e. The molecule has 0 fully saturated rings. The lowest BCUT2D eigenvalue weighted by atomic mass is 10.0. The number of para-hydroxylation sites is 3. The number of hydrogen-bond acceptors (Lipinski definition) is 5. The average molecular weight is 361 g/mol. The number of carbonyl (C=O) groups is 1. The molecule has 1 atom stereocenters. The Morgan fingerprint density at radius 3 is 2.93 bits per heavy atom. The number of nitrogens with zero attached hydrogens (tertiary/aromatic N) is 2.